The van der Waals surface area contributed by atoms with Gasteiger partial charge < -0.3 is 4.42 Å². The lowest BCUT2D eigenvalue weighted by molar-refractivity contribution is 0.411. The molecule has 0 spiro atoms. The van der Waals surface area contributed by atoms with Gasteiger partial charge in [-0.1, -0.05) is 45.0 Å². The molecule has 0 aliphatic heterocycles. The van der Waals surface area contributed by atoms with Crippen molar-refractivity contribution in [3.05, 3.63) is 66.4 Å². The van der Waals surface area contributed by atoms with Gasteiger partial charge in [0.1, 0.15) is 11.2 Å². The first kappa shape index (κ1) is 13.3. The van der Waals surface area contributed by atoms with E-state index in [0.717, 1.165) is 44.0 Å². The molecule has 0 amide bonds. The Kier molecular flexibility index (Phi) is 2.73. The molecule has 0 aliphatic carbocycles. The van der Waals surface area contributed by atoms with Crippen LogP contribution in [0.4, 0.5) is 0 Å². The lowest BCUT2D eigenvalue weighted by atomic mass is 9.88. The first-order valence-electron chi connectivity index (χ1n) is 9.90. The Bertz CT molecular complexity index is 1330. The van der Waals surface area contributed by atoms with Gasteiger partial charge in [0.15, 0.2) is 0 Å². The summed E-state index contributed by atoms with van der Waals surface area (Å²) in [7, 11) is 0. The van der Waals surface area contributed by atoms with E-state index in [1.807, 2.05) is 51.1 Å². The first-order valence-corrected chi connectivity index (χ1v) is 8.90. The number of furan rings is 1. The van der Waals surface area contributed by atoms with Crippen LogP contribution in [-0.2, 0) is 6.37 Å². The minimum absolute atomic E-state index is 0.514. The molecule has 0 saturated carbocycles. The molecule has 26 heavy (non-hydrogen) atoms. The van der Waals surface area contributed by atoms with Crippen molar-refractivity contribution in [3.8, 4) is 11.3 Å². The van der Waals surface area contributed by atoms with Crippen molar-refractivity contribution in [2.24, 2.45) is 5.41 Å². The van der Waals surface area contributed by atoms with Gasteiger partial charge in [0.05, 0.1) is 5.69 Å². The van der Waals surface area contributed by atoms with Crippen LogP contribution in [0.3, 0.4) is 0 Å². The summed E-state index contributed by atoms with van der Waals surface area (Å²) < 4.78 is 23.3. The monoisotopic (exact) mass is 341 g/mol. The SMILES string of the molecule is [2H]C([2H])(c1ccnc(-c2ccc3oc4cccc5ccc2c3c54)c1)C(C)(C)C. The van der Waals surface area contributed by atoms with Gasteiger partial charge in [-0.15, -0.1) is 0 Å². The summed E-state index contributed by atoms with van der Waals surface area (Å²) >= 11 is 0. The Morgan fingerprint density at radius 2 is 1.81 bits per heavy atom. The van der Waals surface area contributed by atoms with E-state index in [9.17, 15) is 0 Å². The summed E-state index contributed by atoms with van der Waals surface area (Å²) in [5.41, 5.74) is 3.66. The van der Waals surface area contributed by atoms with Crippen LogP contribution in [0.25, 0.3) is 44.0 Å². The van der Waals surface area contributed by atoms with Gasteiger partial charge in [-0.3, -0.25) is 4.98 Å². The zero-order valence-corrected chi connectivity index (χ0v) is 15.1. The summed E-state index contributed by atoms with van der Waals surface area (Å²) in [6, 6.07) is 18.0. The highest BCUT2D eigenvalue weighted by Gasteiger charge is 2.17. The normalized spacial score (nSPS) is 14.3. The first-order chi connectivity index (χ1) is 13.3. The second-order valence-corrected chi connectivity index (χ2v) is 7.86. The molecule has 0 bridgehead atoms. The maximum Gasteiger partial charge on any atom is 0.136 e. The highest BCUT2D eigenvalue weighted by atomic mass is 16.3. The molecule has 3 aromatic carbocycles. The number of hydrogen-bond acceptors (Lipinski definition) is 2. The Hall–Kier alpha value is -2.87. The van der Waals surface area contributed by atoms with Crippen molar-refractivity contribution in [1.82, 2.24) is 4.98 Å². The lowest BCUT2D eigenvalue weighted by Crippen LogP contribution is -2.09. The molecular weight excluding hydrogens is 318 g/mol. The van der Waals surface area contributed by atoms with Crippen LogP contribution >= 0.6 is 0 Å². The molecule has 5 rings (SSSR count). The molecule has 0 atom stereocenters. The minimum atomic E-state index is -1.46. The highest BCUT2D eigenvalue weighted by molar-refractivity contribution is 6.24. The second kappa shape index (κ2) is 5.31. The van der Waals surface area contributed by atoms with Crippen molar-refractivity contribution < 1.29 is 7.16 Å². The summed E-state index contributed by atoms with van der Waals surface area (Å²) in [6.07, 6.45) is 0.244. The fourth-order valence-corrected chi connectivity index (χ4v) is 3.76. The molecule has 2 aromatic heterocycles. The van der Waals surface area contributed by atoms with Crippen LogP contribution in [0.15, 0.2) is 65.2 Å². The maximum atomic E-state index is 8.61. The van der Waals surface area contributed by atoms with Crippen LogP contribution in [0, 0.1) is 5.41 Å². The van der Waals surface area contributed by atoms with Gasteiger partial charge in [-0.2, -0.15) is 0 Å². The molecule has 0 aliphatic rings. The summed E-state index contributed by atoms with van der Waals surface area (Å²) in [6.45, 7) is 5.76. The molecule has 0 N–H and O–H groups in total. The molecule has 2 heteroatoms. The molecular formula is C24H21NO. The zero-order chi connectivity index (χ0) is 19.7. The van der Waals surface area contributed by atoms with Gasteiger partial charge in [0, 0.05) is 25.3 Å². The Morgan fingerprint density at radius 3 is 2.65 bits per heavy atom. The second-order valence-electron chi connectivity index (χ2n) is 7.86. The number of nitrogens with zero attached hydrogens (tertiary/aromatic N) is 1. The molecule has 2 heterocycles. The molecule has 0 radical (unpaired) electrons. The van der Waals surface area contributed by atoms with E-state index >= 15 is 0 Å². The van der Waals surface area contributed by atoms with E-state index in [0.29, 0.717) is 5.56 Å². The number of aromatic nitrogens is 1. The van der Waals surface area contributed by atoms with E-state index in [1.165, 1.54) is 0 Å². The van der Waals surface area contributed by atoms with E-state index in [2.05, 4.69) is 23.2 Å². The van der Waals surface area contributed by atoms with Crippen LogP contribution in [0.1, 0.15) is 29.1 Å². The average molecular weight is 341 g/mol. The number of pyridine rings is 1. The van der Waals surface area contributed by atoms with Crippen molar-refractivity contribution in [1.29, 1.82) is 0 Å². The van der Waals surface area contributed by atoms with Crippen molar-refractivity contribution in [2.75, 3.05) is 0 Å². The summed E-state index contributed by atoms with van der Waals surface area (Å²) in [5.74, 6) is 0. The van der Waals surface area contributed by atoms with Gasteiger partial charge in [0.2, 0.25) is 0 Å². The number of hydrogen-bond donors (Lipinski definition) is 0. The molecule has 0 unspecified atom stereocenters. The molecule has 5 aromatic rings. The predicted molar refractivity (Wildman–Crippen MR) is 109 cm³/mol. The summed E-state index contributed by atoms with van der Waals surface area (Å²) in [4.78, 5) is 4.57. The maximum absolute atomic E-state index is 8.61. The lowest BCUT2D eigenvalue weighted by Gasteiger charge is -2.18. The molecule has 128 valence electrons. The van der Waals surface area contributed by atoms with E-state index in [1.54, 1.807) is 12.3 Å². The molecule has 0 saturated heterocycles. The van der Waals surface area contributed by atoms with Crippen molar-refractivity contribution >= 4 is 32.7 Å². The van der Waals surface area contributed by atoms with Gasteiger partial charge >= 0.3 is 0 Å². The quantitative estimate of drug-likeness (QED) is 0.329. The van der Waals surface area contributed by atoms with E-state index in [4.69, 9.17) is 7.16 Å². The minimum Gasteiger partial charge on any atom is -0.456 e. The Balaban J connectivity index is 1.77. The third-order valence-electron chi connectivity index (χ3n) is 4.72. The van der Waals surface area contributed by atoms with Crippen molar-refractivity contribution in [3.63, 3.8) is 0 Å². The van der Waals surface area contributed by atoms with E-state index < -0.39 is 11.8 Å². The van der Waals surface area contributed by atoms with Crippen molar-refractivity contribution in [2.45, 2.75) is 27.1 Å². The fourth-order valence-electron chi connectivity index (χ4n) is 3.76. The Morgan fingerprint density at radius 1 is 0.962 bits per heavy atom. The topological polar surface area (TPSA) is 26.0 Å². The number of benzene rings is 3. The predicted octanol–water partition coefficient (Wildman–Crippen LogP) is 6.83. The highest BCUT2D eigenvalue weighted by Crippen LogP contribution is 2.40. The van der Waals surface area contributed by atoms with E-state index in [-0.39, 0.29) is 0 Å². The largest absolute Gasteiger partial charge is 0.456 e. The third kappa shape index (κ3) is 2.37. The van der Waals surface area contributed by atoms with Gasteiger partial charge in [-0.25, -0.2) is 0 Å². The standard InChI is InChI=1S/C24H21NO/c1-24(2,3)14-15-11-12-25-19(13-15)17-9-10-21-23-18(17)8-7-16-5-4-6-20(26-21)22(16)23/h4-13H,14H2,1-3H3/i14D2. The Labute approximate surface area is 155 Å². The third-order valence-corrected chi connectivity index (χ3v) is 4.72. The summed E-state index contributed by atoms with van der Waals surface area (Å²) in [5, 5.41) is 4.48. The van der Waals surface area contributed by atoms with Crippen LogP contribution < -0.4 is 0 Å². The molecule has 2 nitrogen and oxygen atoms in total. The van der Waals surface area contributed by atoms with Crippen LogP contribution in [-0.4, -0.2) is 4.98 Å². The van der Waals surface area contributed by atoms with Gasteiger partial charge in [0.25, 0.3) is 0 Å². The average Bonchev–Trinajstić information content (AvgIpc) is 3.05. The fraction of sp³-hybridized carbons (Fsp3) is 0.208. The van der Waals surface area contributed by atoms with Gasteiger partial charge in [-0.05, 0) is 58.5 Å². The molecule has 0 fully saturated rings. The zero-order valence-electron chi connectivity index (χ0n) is 17.1. The van der Waals surface area contributed by atoms with Crippen LogP contribution in [0.5, 0.6) is 0 Å². The smallest absolute Gasteiger partial charge is 0.136 e. The number of rotatable bonds is 2. The van der Waals surface area contributed by atoms with Crippen LogP contribution in [0.2, 0.25) is 0 Å².